The lowest BCUT2D eigenvalue weighted by Crippen LogP contribution is -2.52. The van der Waals surface area contributed by atoms with Gasteiger partial charge >= 0.3 is 0 Å². The summed E-state index contributed by atoms with van der Waals surface area (Å²) in [6.07, 6.45) is 7.91. The van der Waals surface area contributed by atoms with Crippen molar-refractivity contribution >= 4 is 5.91 Å². The first-order chi connectivity index (χ1) is 6.52. The van der Waals surface area contributed by atoms with E-state index >= 15 is 0 Å². The Kier molecular flexibility index (Phi) is 3.69. The van der Waals surface area contributed by atoms with Gasteiger partial charge in [0.1, 0.15) is 0 Å². The van der Waals surface area contributed by atoms with Crippen molar-refractivity contribution in [3.63, 3.8) is 0 Å². The summed E-state index contributed by atoms with van der Waals surface area (Å²) in [5, 5.41) is 3.22. The van der Waals surface area contributed by atoms with Gasteiger partial charge in [0, 0.05) is 0 Å². The number of nitrogens with one attached hydrogen (secondary N) is 1. The highest BCUT2D eigenvalue weighted by Gasteiger charge is 2.25. The van der Waals surface area contributed by atoms with E-state index in [1.54, 1.807) is 0 Å². The molecule has 3 nitrogen and oxygen atoms in total. The summed E-state index contributed by atoms with van der Waals surface area (Å²) in [5.41, 5.74) is 4.69. The van der Waals surface area contributed by atoms with Crippen molar-refractivity contribution in [3.05, 3.63) is 12.2 Å². The van der Waals surface area contributed by atoms with Crippen LogP contribution in [-0.4, -0.2) is 18.0 Å². The Morgan fingerprint density at radius 3 is 2.79 bits per heavy atom. The molecule has 0 bridgehead atoms. The average Bonchev–Trinajstić information content (AvgIpc) is 2.16. The molecule has 0 heterocycles. The zero-order valence-electron chi connectivity index (χ0n) is 9.05. The summed E-state index contributed by atoms with van der Waals surface area (Å²) in [5.74, 6) is 0.363. The molecule has 0 saturated heterocycles. The Morgan fingerprint density at radius 2 is 2.29 bits per heavy atom. The van der Waals surface area contributed by atoms with Crippen LogP contribution in [0.1, 0.15) is 33.1 Å². The van der Waals surface area contributed by atoms with Crippen molar-refractivity contribution in [1.82, 2.24) is 5.32 Å². The zero-order valence-corrected chi connectivity index (χ0v) is 9.05. The highest BCUT2D eigenvalue weighted by atomic mass is 16.1. The molecule has 0 saturated carbocycles. The molecule has 3 heteroatoms. The van der Waals surface area contributed by atoms with Crippen molar-refractivity contribution in [1.29, 1.82) is 0 Å². The minimum atomic E-state index is -0.582. The Morgan fingerprint density at radius 1 is 1.57 bits per heavy atom. The standard InChI is InChI=1S/C11H20N2O/c1-11(2,10(12)14)13-8-9-6-4-3-5-7-9/h3-4,9,13H,5-8H2,1-2H3,(H2,12,14). The second-order valence-corrected chi connectivity index (χ2v) is 4.52. The van der Waals surface area contributed by atoms with E-state index < -0.39 is 5.54 Å². The summed E-state index contributed by atoms with van der Waals surface area (Å²) < 4.78 is 0. The highest BCUT2D eigenvalue weighted by molar-refractivity contribution is 5.83. The number of carbonyl (C=O) groups excluding carboxylic acids is 1. The fourth-order valence-corrected chi connectivity index (χ4v) is 1.53. The van der Waals surface area contributed by atoms with Crippen LogP contribution in [0.25, 0.3) is 0 Å². The molecule has 1 aliphatic rings. The van der Waals surface area contributed by atoms with Gasteiger partial charge in [0.15, 0.2) is 0 Å². The van der Waals surface area contributed by atoms with E-state index in [1.165, 1.54) is 6.42 Å². The molecule has 3 N–H and O–H groups in total. The minimum absolute atomic E-state index is 0.288. The normalized spacial score (nSPS) is 22.3. The second kappa shape index (κ2) is 4.60. The van der Waals surface area contributed by atoms with Crippen LogP contribution in [-0.2, 0) is 4.79 Å². The van der Waals surface area contributed by atoms with E-state index in [4.69, 9.17) is 5.73 Å². The smallest absolute Gasteiger partial charge is 0.237 e. The number of carbonyl (C=O) groups is 1. The molecule has 1 atom stereocenters. The van der Waals surface area contributed by atoms with Crippen molar-refractivity contribution in [2.75, 3.05) is 6.54 Å². The van der Waals surface area contributed by atoms with Crippen LogP contribution in [0.2, 0.25) is 0 Å². The molecule has 14 heavy (non-hydrogen) atoms. The SMILES string of the molecule is CC(C)(NCC1CC=CCC1)C(N)=O. The van der Waals surface area contributed by atoms with Gasteiger partial charge in [-0.3, -0.25) is 4.79 Å². The maximum absolute atomic E-state index is 11.0. The first kappa shape index (κ1) is 11.2. The zero-order chi connectivity index (χ0) is 10.6. The predicted molar refractivity (Wildman–Crippen MR) is 57.8 cm³/mol. The quantitative estimate of drug-likeness (QED) is 0.664. The van der Waals surface area contributed by atoms with Crippen LogP contribution in [0.3, 0.4) is 0 Å². The Balaban J connectivity index is 2.32. The molecule has 1 rings (SSSR count). The van der Waals surface area contributed by atoms with Crippen LogP contribution >= 0.6 is 0 Å². The van der Waals surface area contributed by atoms with Crippen LogP contribution in [0, 0.1) is 5.92 Å². The minimum Gasteiger partial charge on any atom is -0.368 e. The first-order valence-corrected chi connectivity index (χ1v) is 5.22. The number of allylic oxidation sites excluding steroid dienone is 2. The maximum Gasteiger partial charge on any atom is 0.237 e. The van der Waals surface area contributed by atoms with Crippen molar-refractivity contribution in [2.24, 2.45) is 11.7 Å². The first-order valence-electron chi connectivity index (χ1n) is 5.22. The van der Waals surface area contributed by atoms with E-state index in [2.05, 4.69) is 17.5 Å². The highest BCUT2D eigenvalue weighted by Crippen LogP contribution is 2.17. The van der Waals surface area contributed by atoms with Gasteiger partial charge in [-0.25, -0.2) is 0 Å². The number of nitrogens with two attached hydrogens (primary N) is 1. The third-order valence-electron chi connectivity index (χ3n) is 2.83. The average molecular weight is 196 g/mol. The molecule has 0 fully saturated rings. The molecule has 1 amide bonds. The predicted octanol–water partition coefficient (Wildman–Crippen LogP) is 1.20. The summed E-state index contributed by atoms with van der Waals surface area (Å²) in [6.45, 7) is 4.53. The summed E-state index contributed by atoms with van der Waals surface area (Å²) in [7, 11) is 0. The largest absolute Gasteiger partial charge is 0.368 e. The van der Waals surface area contributed by atoms with Gasteiger partial charge in [-0.05, 0) is 45.6 Å². The van der Waals surface area contributed by atoms with Gasteiger partial charge in [-0.1, -0.05) is 12.2 Å². The Bertz CT molecular complexity index is 233. The second-order valence-electron chi connectivity index (χ2n) is 4.52. The van der Waals surface area contributed by atoms with E-state index in [9.17, 15) is 4.79 Å². The van der Waals surface area contributed by atoms with E-state index in [-0.39, 0.29) is 5.91 Å². The van der Waals surface area contributed by atoms with Gasteiger partial charge in [0.2, 0.25) is 5.91 Å². The Labute approximate surface area is 85.7 Å². The maximum atomic E-state index is 11.0. The molecule has 80 valence electrons. The number of primary amides is 1. The fourth-order valence-electron chi connectivity index (χ4n) is 1.53. The summed E-state index contributed by atoms with van der Waals surface area (Å²) in [6, 6.07) is 0. The molecule has 0 aromatic heterocycles. The molecule has 1 unspecified atom stereocenters. The monoisotopic (exact) mass is 196 g/mol. The lowest BCUT2D eigenvalue weighted by atomic mass is 9.93. The molecule has 0 radical (unpaired) electrons. The number of hydrogen-bond donors (Lipinski definition) is 2. The molecular weight excluding hydrogens is 176 g/mol. The molecule has 0 aliphatic heterocycles. The third kappa shape index (κ3) is 3.14. The molecule has 0 aromatic carbocycles. The van der Waals surface area contributed by atoms with Crippen molar-refractivity contribution < 1.29 is 4.79 Å². The number of rotatable bonds is 4. The van der Waals surface area contributed by atoms with Gasteiger partial charge in [-0.15, -0.1) is 0 Å². The van der Waals surface area contributed by atoms with E-state index in [0.29, 0.717) is 5.92 Å². The van der Waals surface area contributed by atoms with Crippen molar-refractivity contribution in [2.45, 2.75) is 38.6 Å². The van der Waals surface area contributed by atoms with Crippen LogP contribution < -0.4 is 11.1 Å². The van der Waals surface area contributed by atoms with E-state index in [1.807, 2.05) is 13.8 Å². The Hall–Kier alpha value is -0.830. The molecule has 0 spiro atoms. The lowest BCUT2D eigenvalue weighted by Gasteiger charge is -2.26. The lowest BCUT2D eigenvalue weighted by molar-refractivity contribution is -0.123. The summed E-state index contributed by atoms with van der Waals surface area (Å²) in [4.78, 5) is 11.0. The summed E-state index contributed by atoms with van der Waals surface area (Å²) >= 11 is 0. The van der Waals surface area contributed by atoms with Crippen LogP contribution in [0.15, 0.2) is 12.2 Å². The fraction of sp³-hybridized carbons (Fsp3) is 0.727. The van der Waals surface area contributed by atoms with Gasteiger partial charge in [0.25, 0.3) is 0 Å². The molecule has 0 aromatic rings. The topological polar surface area (TPSA) is 55.1 Å². The molecular formula is C11H20N2O. The third-order valence-corrected chi connectivity index (χ3v) is 2.83. The number of amides is 1. The van der Waals surface area contributed by atoms with Crippen LogP contribution in [0.5, 0.6) is 0 Å². The molecule has 1 aliphatic carbocycles. The van der Waals surface area contributed by atoms with Gasteiger partial charge in [-0.2, -0.15) is 0 Å². The number of hydrogen-bond acceptors (Lipinski definition) is 2. The van der Waals surface area contributed by atoms with Crippen molar-refractivity contribution in [3.8, 4) is 0 Å². The van der Waals surface area contributed by atoms with Gasteiger partial charge < -0.3 is 11.1 Å². The van der Waals surface area contributed by atoms with E-state index in [0.717, 1.165) is 19.4 Å². The van der Waals surface area contributed by atoms with Gasteiger partial charge in [0.05, 0.1) is 5.54 Å². The van der Waals surface area contributed by atoms with Crippen LogP contribution in [0.4, 0.5) is 0 Å².